The van der Waals surface area contributed by atoms with Crippen LogP contribution in [-0.4, -0.2) is 13.7 Å². The van der Waals surface area contributed by atoms with E-state index >= 15 is 0 Å². The molecule has 0 unspecified atom stereocenters. The first kappa shape index (κ1) is 16.4. The van der Waals surface area contributed by atoms with E-state index < -0.39 is 0 Å². The summed E-state index contributed by atoms with van der Waals surface area (Å²) in [4.78, 5) is 0. The van der Waals surface area contributed by atoms with Crippen molar-refractivity contribution in [1.29, 1.82) is 0 Å². The van der Waals surface area contributed by atoms with E-state index in [0.717, 1.165) is 6.61 Å². The second-order valence-corrected chi connectivity index (χ2v) is 5.07. The van der Waals surface area contributed by atoms with Gasteiger partial charge >= 0.3 is 0 Å². The molecule has 0 heterocycles. The third kappa shape index (κ3) is 14.5. The Morgan fingerprint density at radius 3 is 1.86 bits per heavy atom. The van der Waals surface area contributed by atoms with E-state index in [2.05, 4.69) is 20.8 Å². The van der Waals surface area contributed by atoms with Crippen LogP contribution in [0.4, 0.5) is 0 Å². The van der Waals surface area contributed by atoms with Crippen molar-refractivity contribution in [2.45, 2.75) is 66.7 Å². The van der Waals surface area contributed by atoms with Gasteiger partial charge in [0.15, 0.2) is 0 Å². The van der Waals surface area contributed by atoms with Crippen molar-refractivity contribution in [3.8, 4) is 0 Å². The highest BCUT2D eigenvalue weighted by molar-refractivity contribution is 4.60. The van der Waals surface area contributed by atoms with Gasteiger partial charge < -0.3 is 4.74 Å². The van der Waals surface area contributed by atoms with E-state index in [4.69, 9.17) is 4.74 Å². The van der Waals surface area contributed by atoms with Crippen LogP contribution in [-0.2, 0) is 4.74 Å². The van der Waals surface area contributed by atoms with E-state index in [1.165, 1.54) is 38.5 Å². The predicted molar refractivity (Wildman–Crippen MR) is 65.8 cm³/mol. The summed E-state index contributed by atoms with van der Waals surface area (Å²) in [6.07, 6.45) is 8.07. The maximum atomic E-state index is 5.00. The third-order valence-corrected chi connectivity index (χ3v) is 2.28. The Balaban J connectivity index is 0. The van der Waals surface area contributed by atoms with Crippen molar-refractivity contribution in [1.82, 2.24) is 0 Å². The first-order chi connectivity index (χ1) is 6.06. The Kier molecular flexibility index (Phi) is 11.1. The molecule has 0 aromatic heterocycles. The second-order valence-electron chi connectivity index (χ2n) is 5.07. The molecule has 1 nitrogen and oxygen atoms in total. The zero-order valence-electron chi connectivity index (χ0n) is 9.86. The molecule has 0 aliphatic heterocycles. The molecule has 0 spiro atoms. The Morgan fingerprint density at radius 1 is 0.857 bits per heavy atom. The number of unbranched alkanes of at least 4 members (excludes halogenated alkanes) is 4. The monoisotopic (exact) mass is 202 g/mol. The van der Waals surface area contributed by atoms with Gasteiger partial charge in [-0.05, 0) is 18.3 Å². The molecule has 0 N–H and O–H groups in total. The van der Waals surface area contributed by atoms with Gasteiger partial charge in [-0.25, -0.2) is 0 Å². The van der Waals surface area contributed by atoms with Crippen LogP contribution in [0, 0.1) is 5.41 Å². The van der Waals surface area contributed by atoms with Gasteiger partial charge in [0.2, 0.25) is 0 Å². The normalized spacial score (nSPS) is 11.1. The smallest absolute Gasteiger partial charge is 0.0462 e. The molecule has 0 atom stereocenters. The molecule has 0 fully saturated rings. The summed E-state index contributed by atoms with van der Waals surface area (Å²) in [5, 5.41) is 0. The van der Waals surface area contributed by atoms with Crippen LogP contribution in [0.3, 0.4) is 0 Å². The fourth-order valence-corrected chi connectivity index (χ4v) is 1.43. The van der Waals surface area contributed by atoms with E-state index in [-0.39, 0.29) is 7.43 Å². The summed E-state index contributed by atoms with van der Waals surface area (Å²) in [6.45, 7) is 7.88. The Labute approximate surface area is 91.2 Å². The molecule has 0 saturated heterocycles. The van der Waals surface area contributed by atoms with Crippen LogP contribution in [0.25, 0.3) is 0 Å². The second kappa shape index (κ2) is 9.51. The highest BCUT2D eigenvalue weighted by atomic mass is 16.5. The summed E-state index contributed by atoms with van der Waals surface area (Å²) < 4.78 is 5.00. The summed E-state index contributed by atoms with van der Waals surface area (Å²) in [6, 6.07) is 0. The largest absolute Gasteiger partial charge is 0.385 e. The quantitative estimate of drug-likeness (QED) is 0.546. The van der Waals surface area contributed by atoms with Crippen molar-refractivity contribution in [3.63, 3.8) is 0 Å². The van der Waals surface area contributed by atoms with Crippen LogP contribution in [0.2, 0.25) is 0 Å². The van der Waals surface area contributed by atoms with Gasteiger partial charge in [0.05, 0.1) is 0 Å². The maximum absolute atomic E-state index is 5.00. The molecular weight excluding hydrogens is 172 g/mol. The molecule has 0 aromatic rings. The lowest BCUT2D eigenvalue weighted by Crippen LogP contribution is -2.03. The molecule has 0 aromatic carbocycles. The minimum Gasteiger partial charge on any atom is -0.385 e. The lowest BCUT2D eigenvalue weighted by atomic mass is 9.89. The molecule has 1 heteroatoms. The molecule has 0 aliphatic carbocycles. The maximum Gasteiger partial charge on any atom is 0.0462 e. The van der Waals surface area contributed by atoms with Crippen molar-refractivity contribution in [3.05, 3.63) is 0 Å². The first-order valence-electron chi connectivity index (χ1n) is 5.55. The lowest BCUT2D eigenvalue weighted by Gasteiger charge is -2.17. The zero-order chi connectivity index (χ0) is 10.2. The molecular formula is C13H30O. The average molecular weight is 202 g/mol. The number of ether oxygens (including phenoxy) is 1. The van der Waals surface area contributed by atoms with E-state index in [0.29, 0.717) is 5.41 Å². The van der Waals surface area contributed by atoms with Crippen LogP contribution in [0.1, 0.15) is 66.7 Å². The van der Waals surface area contributed by atoms with Gasteiger partial charge in [0, 0.05) is 13.7 Å². The molecule has 0 bridgehead atoms. The standard InChI is InChI=1S/C12H26O.CH4/c1-12(2,3)10-8-6-5-7-9-11-13-4;/h5-11H2,1-4H3;1H4. The van der Waals surface area contributed by atoms with Gasteiger partial charge in [-0.1, -0.05) is 53.9 Å². The molecule has 14 heavy (non-hydrogen) atoms. The van der Waals surface area contributed by atoms with E-state index in [9.17, 15) is 0 Å². The van der Waals surface area contributed by atoms with E-state index in [1.54, 1.807) is 7.11 Å². The SMILES string of the molecule is C.COCCCCCCCC(C)(C)C. The Bertz CT molecular complexity index is 102. The number of hydrogen-bond acceptors (Lipinski definition) is 1. The molecule has 88 valence electrons. The molecule has 0 saturated carbocycles. The average Bonchev–Trinajstić information content (AvgIpc) is 2.01. The predicted octanol–water partition coefficient (Wildman–Crippen LogP) is 4.66. The summed E-state index contributed by atoms with van der Waals surface area (Å²) in [5.41, 5.74) is 0.520. The fourth-order valence-electron chi connectivity index (χ4n) is 1.43. The highest BCUT2D eigenvalue weighted by Crippen LogP contribution is 2.22. The molecule has 0 rings (SSSR count). The summed E-state index contributed by atoms with van der Waals surface area (Å²) in [5.74, 6) is 0. The minimum absolute atomic E-state index is 0. The lowest BCUT2D eigenvalue weighted by molar-refractivity contribution is 0.191. The number of rotatable bonds is 7. The van der Waals surface area contributed by atoms with Crippen LogP contribution in [0.15, 0.2) is 0 Å². The van der Waals surface area contributed by atoms with Crippen molar-refractivity contribution in [2.75, 3.05) is 13.7 Å². The topological polar surface area (TPSA) is 9.23 Å². The number of methoxy groups -OCH3 is 1. The van der Waals surface area contributed by atoms with Crippen LogP contribution in [0.5, 0.6) is 0 Å². The fraction of sp³-hybridized carbons (Fsp3) is 1.00. The van der Waals surface area contributed by atoms with Crippen molar-refractivity contribution >= 4 is 0 Å². The van der Waals surface area contributed by atoms with Gasteiger partial charge in [-0.2, -0.15) is 0 Å². The molecule has 0 aliphatic rings. The van der Waals surface area contributed by atoms with Gasteiger partial charge in [-0.3, -0.25) is 0 Å². The Hall–Kier alpha value is -0.0400. The van der Waals surface area contributed by atoms with Crippen molar-refractivity contribution in [2.24, 2.45) is 5.41 Å². The van der Waals surface area contributed by atoms with Crippen molar-refractivity contribution < 1.29 is 4.74 Å². The van der Waals surface area contributed by atoms with Gasteiger partial charge in [0.25, 0.3) is 0 Å². The van der Waals surface area contributed by atoms with E-state index in [1.807, 2.05) is 0 Å². The summed E-state index contributed by atoms with van der Waals surface area (Å²) in [7, 11) is 1.78. The van der Waals surface area contributed by atoms with Gasteiger partial charge in [0.1, 0.15) is 0 Å². The van der Waals surface area contributed by atoms with Crippen LogP contribution >= 0.6 is 0 Å². The highest BCUT2D eigenvalue weighted by Gasteiger charge is 2.08. The molecule has 0 amide bonds. The van der Waals surface area contributed by atoms with Gasteiger partial charge in [-0.15, -0.1) is 0 Å². The Morgan fingerprint density at radius 2 is 1.36 bits per heavy atom. The first-order valence-corrected chi connectivity index (χ1v) is 5.55. The van der Waals surface area contributed by atoms with Crippen LogP contribution < -0.4 is 0 Å². The minimum atomic E-state index is 0. The number of hydrogen-bond donors (Lipinski definition) is 0. The summed E-state index contributed by atoms with van der Waals surface area (Å²) >= 11 is 0. The zero-order valence-corrected chi connectivity index (χ0v) is 9.86. The molecule has 0 radical (unpaired) electrons. The third-order valence-electron chi connectivity index (χ3n) is 2.28.